The molecule has 10 heteroatoms. The van der Waals surface area contributed by atoms with Crippen molar-refractivity contribution in [3.63, 3.8) is 0 Å². The maximum atomic E-state index is 12.8. The van der Waals surface area contributed by atoms with Gasteiger partial charge in [0.05, 0.1) is 18.4 Å². The summed E-state index contributed by atoms with van der Waals surface area (Å²) in [7, 11) is 1.52. The highest BCUT2D eigenvalue weighted by Crippen LogP contribution is 2.25. The van der Waals surface area contributed by atoms with Crippen molar-refractivity contribution in [2.45, 2.75) is 20.8 Å². The Hall–Kier alpha value is -3.50. The standard InChI is InChI=1S/C26H27BrN6O2S/c1-5-32(6-2)18-8-10-19(11-9-18)33-30-22-13-16(3)21(15-23(22)31-33)28-26(36)29-25(34)20-14-17(27)7-12-24(20)35-4/h7-15H,5-6H2,1-4H3,(H2,28,29,34,36). The maximum Gasteiger partial charge on any atom is 0.261 e. The smallest absolute Gasteiger partial charge is 0.261 e. The minimum absolute atomic E-state index is 0.170. The van der Waals surface area contributed by atoms with E-state index >= 15 is 0 Å². The van der Waals surface area contributed by atoms with Gasteiger partial charge in [0.25, 0.3) is 5.91 Å². The fourth-order valence-electron chi connectivity index (χ4n) is 3.89. The van der Waals surface area contributed by atoms with Crippen molar-refractivity contribution in [2.75, 3.05) is 30.4 Å². The molecule has 0 radical (unpaired) electrons. The molecule has 0 spiro atoms. The molecular formula is C26H27BrN6O2S. The molecule has 186 valence electrons. The minimum Gasteiger partial charge on any atom is -0.496 e. The molecular weight excluding hydrogens is 540 g/mol. The molecule has 1 amide bonds. The van der Waals surface area contributed by atoms with E-state index in [0.29, 0.717) is 16.8 Å². The minimum atomic E-state index is -0.372. The van der Waals surface area contributed by atoms with Crippen LogP contribution in [0.4, 0.5) is 11.4 Å². The molecule has 0 unspecified atom stereocenters. The number of carbonyl (C=O) groups is 1. The van der Waals surface area contributed by atoms with Crippen molar-refractivity contribution in [1.29, 1.82) is 0 Å². The van der Waals surface area contributed by atoms with Crippen molar-refractivity contribution >= 4 is 61.6 Å². The summed E-state index contributed by atoms with van der Waals surface area (Å²) in [5, 5.41) is 15.3. The molecule has 1 aromatic heterocycles. The molecule has 0 aliphatic carbocycles. The molecule has 2 N–H and O–H groups in total. The highest BCUT2D eigenvalue weighted by atomic mass is 79.9. The number of amides is 1. The predicted molar refractivity (Wildman–Crippen MR) is 152 cm³/mol. The Labute approximate surface area is 223 Å². The quantitative estimate of drug-likeness (QED) is 0.287. The van der Waals surface area contributed by atoms with Crippen LogP contribution >= 0.6 is 28.1 Å². The van der Waals surface area contributed by atoms with Crippen LogP contribution in [0.3, 0.4) is 0 Å². The van der Waals surface area contributed by atoms with E-state index in [1.54, 1.807) is 23.0 Å². The third-order valence-corrected chi connectivity index (χ3v) is 6.51. The van der Waals surface area contributed by atoms with Crippen LogP contribution in [0.2, 0.25) is 0 Å². The topological polar surface area (TPSA) is 84.3 Å². The Balaban J connectivity index is 1.52. The van der Waals surface area contributed by atoms with Crippen LogP contribution in [0, 0.1) is 6.92 Å². The number of hydrogen-bond donors (Lipinski definition) is 2. The molecule has 0 aliphatic heterocycles. The Morgan fingerprint density at radius 2 is 1.72 bits per heavy atom. The first-order valence-electron chi connectivity index (χ1n) is 11.5. The monoisotopic (exact) mass is 566 g/mol. The van der Waals surface area contributed by atoms with E-state index in [2.05, 4.69) is 67.6 Å². The molecule has 8 nitrogen and oxygen atoms in total. The summed E-state index contributed by atoms with van der Waals surface area (Å²) in [4.78, 5) is 16.7. The number of rotatable bonds is 7. The van der Waals surface area contributed by atoms with Crippen LogP contribution in [0.5, 0.6) is 5.75 Å². The maximum absolute atomic E-state index is 12.8. The van der Waals surface area contributed by atoms with Crippen LogP contribution in [0.1, 0.15) is 29.8 Å². The Morgan fingerprint density at radius 1 is 1.06 bits per heavy atom. The largest absolute Gasteiger partial charge is 0.496 e. The highest BCUT2D eigenvalue weighted by Gasteiger charge is 2.16. The molecule has 3 aromatic carbocycles. The fraction of sp³-hybridized carbons (Fsp3) is 0.231. The zero-order valence-corrected chi connectivity index (χ0v) is 22.9. The van der Waals surface area contributed by atoms with Crippen LogP contribution in [0.25, 0.3) is 16.7 Å². The summed E-state index contributed by atoms with van der Waals surface area (Å²) in [5.74, 6) is 0.0846. The Morgan fingerprint density at radius 3 is 2.36 bits per heavy atom. The number of anilines is 2. The third-order valence-electron chi connectivity index (χ3n) is 5.82. The van der Waals surface area contributed by atoms with Gasteiger partial charge in [-0.25, -0.2) is 0 Å². The Bertz CT molecular complexity index is 1420. The second-order valence-corrected chi connectivity index (χ2v) is 9.41. The lowest BCUT2D eigenvalue weighted by atomic mass is 10.1. The van der Waals surface area contributed by atoms with Gasteiger partial charge in [0, 0.05) is 28.9 Å². The molecule has 0 fully saturated rings. The lowest BCUT2D eigenvalue weighted by Crippen LogP contribution is -2.34. The van der Waals surface area contributed by atoms with Gasteiger partial charge in [-0.05, 0) is 93.1 Å². The van der Waals surface area contributed by atoms with Gasteiger partial charge in [-0.3, -0.25) is 10.1 Å². The van der Waals surface area contributed by atoms with Gasteiger partial charge in [0.2, 0.25) is 0 Å². The van der Waals surface area contributed by atoms with Crippen molar-refractivity contribution in [1.82, 2.24) is 20.3 Å². The van der Waals surface area contributed by atoms with E-state index in [9.17, 15) is 4.79 Å². The lowest BCUT2D eigenvalue weighted by Gasteiger charge is -2.20. The molecule has 1 heterocycles. The number of halogens is 1. The molecule has 36 heavy (non-hydrogen) atoms. The lowest BCUT2D eigenvalue weighted by molar-refractivity contribution is 0.0974. The van der Waals surface area contributed by atoms with Crippen LogP contribution < -0.4 is 20.3 Å². The fourth-order valence-corrected chi connectivity index (χ4v) is 4.45. The molecule has 0 atom stereocenters. The molecule has 4 rings (SSSR count). The number of ether oxygens (including phenoxy) is 1. The van der Waals surface area contributed by atoms with E-state index in [1.807, 2.05) is 31.2 Å². The Kier molecular flexibility index (Phi) is 7.85. The normalized spacial score (nSPS) is 10.8. The summed E-state index contributed by atoms with van der Waals surface area (Å²) in [6.45, 7) is 8.13. The summed E-state index contributed by atoms with van der Waals surface area (Å²) in [6, 6.07) is 17.2. The number of nitrogens with one attached hydrogen (secondary N) is 2. The first kappa shape index (κ1) is 25.6. The number of aryl methyl sites for hydroxylation is 1. The van der Waals surface area contributed by atoms with Crippen LogP contribution in [0.15, 0.2) is 59.1 Å². The van der Waals surface area contributed by atoms with Crippen LogP contribution in [-0.4, -0.2) is 46.2 Å². The van der Waals surface area contributed by atoms with E-state index in [-0.39, 0.29) is 11.0 Å². The number of fused-ring (bicyclic) bond motifs is 1. The van der Waals surface area contributed by atoms with Gasteiger partial charge in [0.15, 0.2) is 5.11 Å². The molecule has 4 aromatic rings. The van der Waals surface area contributed by atoms with Crippen molar-refractivity contribution in [2.24, 2.45) is 0 Å². The molecule has 0 saturated heterocycles. The number of carbonyl (C=O) groups excluding carboxylic acids is 1. The number of hydrogen-bond acceptors (Lipinski definition) is 6. The third kappa shape index (κ3) is 5.50. The predicted octanol–water partition coefficient (Wildman–Crippen LogP) is 5.47. The second kappa shape index (κ2) is 11.0. The van der Waals surface area contributed by atoms with Crippen molar-refractivity contribution < 1.29 is 9.53 Å². The van der Waals surface area contributed by atoms with Gasteiger partial charge in [-0.2, -0.15) is 4.80 Å². The van der Waals surface area contributed by atoms with Gasteiger partial charge in [-0.15, -0.1) is 10.2 Å². The van der Waals surface area contributed by atoms with Gasteiger partial charge in [0.1, 0.15) is 16.8 Å². The molecule has 0 bridgehead atoms. The average Bonchev–Trinajstić information content (AvgIpc) is 3.28. The number of nitrogens with zero attached hydrogens (tertiary/aromatic N) is 4. The second-order valence-electron chi connectivity index (χ2n) is 8.09. The highest BCUT2D eigenvalue weighted by molar-refractivity contribution is 9.10. The number of methoxy groups -OCH3 is 1. The summed E-state index contributed by atoms with van der Waals surface area (Å²) >= 11 is 8.78. The molecule has 0 saturated carbocycles. The van der Waals surface area contributed by atoms with Gasteiger partial charge < -0.3 is 15.0 Å². The van der Waals surface area contributed by atoms with Crippen molar-refractivity contribution in [3.8, 4) is 11.4 Å². The first-order valence-corrected chi connectivity index (χ1v) is 12.7. The number of benzene rings is 3. The van der Waals surface area contributed by atoms with Crippen molar-refractivity contribution in [3.05, 3.63) is 70.2 Å². The van der Waals surface area contributed by atoms with E-state index in [1.165, 1.54) is 12.8 Å². The van der Waals surface area contributed by atoms with E-state index in [4.69, 9.17) is 17.0 Å². The number of aromatic nitrogens is 3. The van der Waals surface area contributed by atoms with E-state index in [0.717, 1.165) is 40.0 Å². The first-order chi connectivity index (χ1) is 17.3. The zero-order chi connectivity index (χ0) is 25.8. The summed E-state index contributed by atoms with van der Waals surface area (Å²) in [5.41, 5.74) is 5.54. The van der Waals surface area contributed by atoms with E-state index < -0.39 is 0 Å². The summed E-state index contributed by atoms with van der Waals surface area (Å²) < 4.78 is 6.06. The summed E-state index contributed by atoms with van der Waals surface area (Å²) in [6.07, 6.45) is 0. The number of thiocarbonyl (C=S) groups is 1. The molecule has 0 aliphatic rings. The SMILES string of the molecule is CCN(CC)c1ccc(-n2nc3cc(C)c(NC(=S)NC(=O)c4cc(Br)ccc4OC)cc3n2)cc1. The van der Waals surface area contributed by atoms with Gasteiger partial charge >= 0.3 is 0 Å². The van der Waals surface area contributed by atoms with Crippen LogP contribution in [-0.2, 0) is 0 Å². The zero-order valence-electron chi connectivity index (χ0n) is 20.5. The van der Waals surface area contributed by atoms with Gasteiger partial charge in [-0.1, -0.05) is 15.9 Å². The average molecular weight is 568 g/mol.